The average molecular weight is 709 g/mol. The van der Waals surface area contributed by atoms with Crippen LogP contribution in [0, 0.1) is 52.3 Å². The molecule has 1 saturated heterocycles. The maximum Gasteiger partial charge on any atom is 0.397 e. The molecule has 5 rings (SSSR count). The van der Waals surface area contributed by atoms with Crippen LogP contribution in [0.5, 0.6) is 0 Å². The van der Waals surface area contributed by atoms with Crippen LogP contribution < -0.4 is 0 Å². The van der Waals surface area contributed by atoms with E-state index in [-0.39, 0.29) is 37.4 Å². The van der Waals surface area contributed by atoms with Gasteiger partial charge in [-0.05, 0) is 78.4 Å². The molecule has 4 saturated carbocycles. The molecule has 0 aromatic heterocycles. The molecule has 15 heteroatoms. The van der Waals surface area contributed by atoms with E-state index in [1.165, 1.54) is 0 Å². The fraction of sp³-hybridized carbons (Fsp3) is 0.939. The zero-order valence-electron chi connectivity index (χ0n) is 28.3. The maximum absolute atomic E-state index is 12.7. The van der Waals surface area contributed by atoms with Crippen molar-refractivity contribution in [1.82, 2.24) is 0 Å². The highest BCUT2D eigenvalue weighted by molar-refractivity contribution is 7.80. The highest BCUT2D eigenvalue weighted by atomic mass is 32.3. The van der Waals surface area contributed by atoms with Crippen molar-refractivity contribution in [3.05, 3.63) is 12.2 Å². The summed E-state index contributed by atoms with van der Waals surface area (Å²) in [5.41, 5.74) is -3.40. The largest absolute Gasteiger partial charge is 0.397 e. The smallest absolute Gasteiger partial charge is 0.390 e. The van der Waals surface area contributed by atoms with Gasteiger partial charge in [-0.15, -0.1) is 0 Å². The molecule has 0 radical (unpaired) electrons. The zero-order chi connectivity index (χ0) is 35.7. The lowest BCUT2D eigenvalue weighted by atomic mass is 9.41. The third-order valence-electron chi connectivity index (χ3n) is 13.4. The predicted octanol–water partition coefficient (Wildman–Crippen LogP) is -0.248. The van der Waals surface area contributed by atoms with Crippen LogP contribution in [0.2, 0.25) is 0 Å². The summed E-state index contributed by atoms with van der Waals surface area (Å²) in [4.78, 5) is 0. The monoisotopic (exact) mass is 708 g/mol. The van der Waals surface area contributed by atoms with Crippen LogP contribution in [0.25, 0.3) is 0 Å². The van der Waals surface area contributed by atoms with Gasteiger partial charge in [-0.1, -0.05) is 46.8 Å². The molecule has 4 aliphatic carbocycles. The third-order valence-corrected chi connectivity index (χ3v) is 13.8. The number of hydrogen-bond acceptors (Lipinski definition) is 13. The van der Waals surface area contributed by atoms with E-state index in [1.54, 1.807) is 6.92 Å². The van der Waals surface area contributed by atoms with E-state index in [2.05, 4.69) is 4.18 Å². The molecule has 1 heterocycles. The van der Waals surface area contributed by atoms with Gasteiger partial charge < -0.3 is 50.3 Å². The van der Waals surface area contributed by atoms with Crippen LogP contribution in [0.15, 0.2) is 12.2 Å². The number of ether oxygens (including phenoxy) is 2. The number of aliphatic hydroxyl groups is 8. The van der Waals surface area contributed by atoms with Gasteiger partial charge in [-0.3, -0.25) is 4.55 Å². The molecule has 5 aliphatic rings. The number of allylic oxidation sites excluding steroid dienone is 2. The van der Waals surface area contributed by atoms with Crippen LogP contribution in [0.4, 0.5) is 0 Å². The topological polar surface area (TPSA) is 244 Å². The van der Waals surface area contributed by atoms with Gasteiger partial charge in [0.15, 0.2) is 6.29 Å². The van der Waals surface area contributed by atoms with Gasteiger partial charge in [0.05, 0.1) is 37.6 Å². The van der Waals surface area contributed by atoms with E-state index >= 15 is 0 Å². The first-order chi connectivity index (χ1) is 22.2. The summed E-state index contributed by atoms with van der Waals surface area (Å²) in [6.45, 7) is 9.04. The van der Waals surface area contributed by atoms with Crippen molar-refractivity contribution in [1.29, 1.82) is 0 Å². The van der Waals surface area contributed by atoms with Crippen LogP contribution in [0.1, 0.15) is 66.7 Å². The molecule has 0 spiro atoms. The van der Waals surface area contributed by atoms with E-state index in [4.69, 9.17) is 14.0 Å². The Bertz CT molecular complexity index is 1280. The fourth-order valence-electron chi connectivity index (χ4n) is 10.6. The second-order valence-corrected chi connectivity index (χ2v) is 17.2. The average Bonchev–Trinajstić information content (AvgIpc) is 3.22. The molecule has 19 atom stereocenters. The molecule has 5 fully saturated rings. The van der Waals surface area contributed by atoms with Crippen molar-refractivity contribution < 1.29 is 67.5 Å². The van der Waals surface area contributed by atoms with Gasteiger partial charge in [0.2, 0.25) is 0 Å². The van der Waals surface area contributed by atoms with E-state index in [1.807, 2.05) is 39.8 Å². The summed E-state index contributed by atoms with van der Waals surface area (Å²) >= 11 is 0. The van der Waals surface area contributed by atoms with Crippen molar-refractivity contribution in [3.63, 3.8) is 0 Å². The maximum atomic E-state index is 12.7. The molecular formula is C33H56O14S. The molecule has 48 heavy (non-hydrogen) atoms. The minimum Gasteiger partial charge on any atom is -0.390 e. The van der Waals surface area contributed by atoms with Crippen molar-refractivity contribution in [2.24, 2.45) is 52.3 Å². The Morgan fingerprint density at radius 1 is 0.875 bits per heavy atom. The Balaban J connectivity index is 1.34. The van der Waals surface area contributed by atoms with E-state index in [0.717, 1.165) is 0 Å². The van der Waals surface area contributed by atoms with Crippen LogP contribution >= 0.6 is 0 Å². The van der Waals surface area contributed by atoms with Gasteiger partial charge in [0, 0.05) is 5.92 Å². The molecule has 0 amide bonds. The first-order valence-electron chi connectivity index (χ1n) is 17.2. The minimum absolute atomic E-state index is 0.155. The summed E-state index contributed by atoms with van der Waals surface area (Å²) in [5, 5.41) is 89.6. The summed E-state index contributed by atoms with van der Waals surface area (Å²) in [6, 6.07) is 0. The Morgan fingerprint density at radius 2 is 1.52 bits per heavy atom. The molecule has 9 N–H and O–H groups in total. The Hall–Kier alpha value is -0.790. The first kappa shape index (κ1) is 38.4. The van der Waals surface area contributed by atoms with E-state index in [9.17, 15) is 49.3 Å². The molecule has 0 aromatic carbocycles. The summed E-state index contributed by atoms with van der Waals surface area (Å²) in [7, 11) is -4.57. The van der Waals surface area contributed by atoms with Crippen molar-refractivity contribution >= 4 is 10.4 Å². The highest BCUT2D eigenvalue weighted by Crippen LogP contribution is 2.69. The second kappa shape index (κ2) is 13.6. The lowest BCUT2D eigenvalue weighted by Gasteiger charge is -2.67. The molecule has 278 valence electrons. The highest BCUT2D eigenvalue weighted by Gasteiger charge is 2.75. The molecule has 1 aliphatic heterocycles. The van der Waals surface area contributed by atoms with Crippen molar-refractivity contribution in [3.8, 4) is 0 Å². The Kier molecular flexibility index (Phi) is 10.9. The molecular weight excluding hydrogens is 652 g/mol. The van der Waals surface area contributed by atoms with E-state index in [0.29, 0.717) is 25.7 Å². The number of fused-ring (bicyclic) bond motifs is 5. The van der Waals surface area contributed by atoms with Gasteiger partial charge in [0.25, 0.3) is 0 Å². The summed E-state index contributed by atoms with van der Waals surface area (Å²) < 4.78 is 46.9. The molecule has 14 nitrogen and oxygen atoms in total. The third kappa shape index (κ3) is 6.43. The lowest BCUT2D eigenvalue weighted by molar-refractivity contribution is -0.321. The minimum atomic E-state index is -4.57. The van der Waals surface area contributed by atoms with Crippen molar-refractivity contribution in [2.45, 2.75) is 127 Å². The fourth-order valence-corrected chi connectivity index (χ4v) is 11.0. The van der Waals surface area contributed by atoms with E-state index < -0.39 is 106 Å². The molecule has 0 unspecified atom stereocenters. The zero-order valence-corrected chi connectivity index (χ0v) is 29.1. The number of rotatable bonds is 9. The summed E-state index contributed by atoms with van der Waals surface area (Å²) in [6.07, 6.45) is -5.35. The van der Waals surface area contributed by atoms with Crippen LogP contribution in [0.3, 0.4) is 0 Å². The van der Waals surface area contributed by atoms with Gasteiger partial charge in [0.1, 0.15) is 30.0 Å². The molecule has 0 aromatic rings. The van der Waals surface area contributed by atoms with Crippen LogP contribution in [-0.4, -0.2) is 128 Å². The van der Waals surface area contributed by atoms with Crippen LogP contribution in [-0.2, 0) is 24.1 Å². The normalized spacial score (nSPS) is 51.5. The SMILES string of the molecule is C[C@H](/C=C/[C@H](C)[C@H](C)COS(=O)(=O)O)[C@H]1[C@@H](O)[C@@H](O)[C@@H]2[C@]1(C)CC[C@@H]1[C@@]3(C)CC[C@H](O[C@@H]4OC[C@@H](O)[C@H](O)[C@H]4O)C[C@@H]3[C@@H](O)[C@@H](O)[C@]12O. The second-order valence-electron chi connectivity index (χ2n) is 16.1. The van der Waals surface area contributed by atoms with Gasteiger partial charge in [-0.2, -0.15) is 8.42 Å². The van der Waals surface area contributed by atoms with Gasteiger partial charge in [-0.25, -0.2) is 4.18 Å². The van der Waals surface area contributed by atoms with Crippen molar-refractivity contribution in [2.75, 3.05) is 13.2 Å². The number of hydrogen-bond donors (Lipinski definition) is 9. The first-order valence-corrected chi connectivity index (χ1v) is 18.6. The lowest BCUT2D eigenvalue weighted by Crippen LogP contribution is -2.75. The quantitative estimate of drug-likeness (QED) is 0.0853. The standard InChI is InChI=1S/C33H56O14S/c1-15(17(3)13-46-48(42,43)44)6-7-16(2)22-25(37)26(38)28-32(22,5)11-9-21-31(4)10-8-18(12-19(31)23(35)29(40)33(21,28)41)47-30-27(39)24(36)20(34)14-45-30/h6-7,15-30,34-41H,8-14H2,1-5H3,(H,42,43,44)/b7-6+/t15-,16+,17+,18-,19+,20+,21+,22-,23+,24-,25+,26+,27+,28+,29+,30-,31-,32+,33-/m0/s1. The summed E-state index contributed by atoms with van der Waals surface area (Å²) in [5.74, 6) is -3.19. The molecule has 0 bridgehead atoms. The number of aliphatic hydroxyl groups excluding tert-OH is 7. The Labute approximate surface area is 282 Å². The predicted molar refractivity (Wildman–Crippen MR) is 169 cm³/mol. The van der Waals surface area contributed by atoms with Gasteiger partial charge >= 0.3 is 10.4 Å². The Morgan fingerprint density at radius 3 is 2.17 bits per heavy atom.